The van der Waals surface area contributed by atoms with Gasteiger partial charge in [0.1, 0.15) is 12.1 Å². The van der Waals surface area contributed by atoms with Crippen molar-refractivity contribution in [2.24, 2.45) is 0 Å². The van der Waals surface area contributed by atoms with Crippen LogP contribution in [-0.4, -0.2) is 64.7 Å². The Morgan fingerprint density at radius 2 is 2.08 bits per heavy atom. The molecule has 39 heavy (non-hydrogen) atoms. The lowest BCUT2D eigenvalue weighted by molar-refractivity contribution is -0.148. The number of hydrogen-bond acceptors (Lipinski definition) is 9. The minimum atomic E-state index is -0.668. The monoisotopic (exact) mass is 533 g/mol. The predicted molar refractivity (Wildman–Crippen MR) is 141 cm³/mol. The van der Waals surface area contributed by atoms with Crippen molar-refractivity contribution in [2.75, 3.05) is 26.9 Å². The van der Waals surface area contributed by atoms with Gasteiger partial charge in [0.25, 0.3) is 11.8 Å². The maximum Gasteiger partial charge on any atom is 0.263 e. The summed E-state index contributed by atoms with van der Waals surface area (Å²) in [6, 6.07) is 9.43. The van der Waals surface area contributed by atoms with E-state index in [0.29, 0.717) is 44.2 Å². The minimum absolute atomic E-state index is 0.118. The molecule has 4 aromatic rings. The molecule has 5 rings (SSSR count). The summed E-state index contributed by atoms with van der Waals surface area (Å²) in [4.78, 5) is 41.6. The third-order valence-corrected chi connectivity index (χ3v) is 6.59. The molecule has 0 aliphatic carbocycles. The number of methoxy groups -OCH3 is 1. The van der Waals surface area contributed by atoms with E-state index < -0.39 is 12.1 Å². The van der Waals surface area contributed by atoms with Crippen molar-refractivity contribution >= 4 is 22.6 Å². The van der Waals surface area contributed by atoms with Gasteiger partial charge in [-0.1, -0.05) is 31.0 Å². The molecule has 0 saturated carbocycles. The van der Waals surface area contributed by atoms with Crippen molar-refractivity contribution in [2.45, 2.75) is 44.2 Å². The van der Waals surface area contributed by atoms with Gasteiger partial charge in [-0.3, -0.25) is 9.59 Å². The van der Waals surface area contributed by atoms with E-state index in [-0.39, 0.29) is 24.2 Å². The van der Waals surface area contributed by atoms with Gasteiger partial charge in [-0.05, 0) is 25.0 Å². The number of imidazole rings is 1. The Morgan fingerprint density at radius 3 is 2.87 bits per heavy atom. The topological polar surface area (TPSA) is 141 Å². The number of aromatic nitrogens is 4. The van der Waals surface area contributed by atoms with Crippen molar-refractivity contribution < 1.29 is 28.2 Å². The fourth-order valence-corrected chi connectivity index (χ4v) is 4.56. The average Bonchev–Trinajstić information content (AvgIpc) is 3.69. The summed E-state index contributed by atoms with van der Waals surface area (Å²) in [5.74, 6) is 0.861. The second-order valence-electron chi connectivity index (χ2n) is 9.28. The number of pyridine rings is 1. The molecule has 11 heteroatoms. The van der Waals surface area contributed by atoms with Crippen molar-refractivity contribution in [3.63, 3.8) is 0 Å². The molecular formula is C28H31N5O6. The minimum Gasteiger partial charge on any atom is -0.480 e. The van der Waals surface area contributed by atoms with Gasteiger partial charge in [0.2, 0.25) is 11.7 Å². The van der Waals surface area contributed by atoms with Crippen LogP contribution in [0.4, 0.5) is 0 Å². The number of unbranched alkanes of at least 4 members (excludes halogenated alkanes) is 2. The van der Waals surface area contributed by atoms with Crippen LogP contribution >= 0.6 is 0 Å². The fourth-order valence-electron chi connectivity index (χ4n) is 4.56. The number of oxazole rings is 1. The quantitative estimate of drug-likeness (QED) is 0.204. The van der Waals surface area contributed by atoms with Crippen LogP contribution in [0.1, 0.15) is 54.7 Å². The van der Waals surface area contributed by atoms with Crippen LogP contribution in [0, 0.1) is 0 Å². The summed E-state index contributed by atoms with van der Waals surface area (Å²) in [5.41, 5.74) is 2.33. The van der Waals surface area contributed by atoms with Crippen molar-refractivity contribution in [1.29, 1.82) is 0 Å². The lowest BCUT2D eigenvalue weighted by Crippen LogP contribution is -2.44. The number of Topliss-reactive ketones (excluding diaryl/α,β-unsaturated/α-hetero) is 1. The highest BCUT2D eigenvalue weighted by atomic mass is 16.6. The number of ketones is 1. The van der Waals surface area contributed by atoms with Crippen molar-refractivity contribution in [3.8, 4) is 17.1 Å². The molecular weight excluding hydrogens is 502 g/mol. The van der Waals surface area contributed by atoms with E-state index in [4.69, 9.17) is 18.6 Å². The van der Waals surface area contributed by atoms with Gasteiger partial charge in [0.15, 0.2) is 6.10 Å². The first kappa shape index (κ1) is 26.5. The average molecular weight is 534 g/mol. The molecule has 4 heterocycles. The highest BCUT2D eigenvalue weighted by Crippen LogP contribution is 2.31. The number of rotatable bonds is 12. The van der Waals surface area contributed by atoms with E-state index in [1.54, 1.807) is 13.3 Å². The van der Waals surface area contributed by atoms with Crippen LogP contribution in [0.3, 0.4) is 0 Å². The number of aromatic amines is 1. The van der Waals surface area contributed by atoms with Crippen LogP contribution in [-0.2, 0) is 14.3 Å². The molecule has 0 bridgehead atoms. The number of para-hydroxylation sites is 1. The number of carbonyl (C=O) groups is 2. The Kier molecular flexibility index (Phi) is 8.59. The molecule has 2 N–H and O–H groups in total. The predicted octanol–water partition coefficient (Wildman–Crippen LogP) is 4.03. The Hall–Kier alpha value is -4.09. The largest absolute Gasteiger partial charge is 0.480 e. The fraction of sp³-hybridized carbons (Fsp3) is 0.393. The molecule has 1 aliphatic rings. The van der Waals surface area contributed by atoms with Gasteiger partial charge in [0, 0.05) is 11.8 Å². The van der Waals surface area contributed by atoms with Gasteiger partial charge in [-0.25, -0.2) is 15.0 Å². The molecule has 1 aromatic carbocycles. The highest BCUT2D eigenvalue weighted by molar-refractivity contribution is 5.91. The van der Waals surface area contributed by atoms with Gasteiger partial charge in [-0.2, -0.15) is 0 Å². The number of hydrogen-bond donors (Lipinski definition) is 2. The number of nitrogens with zero attached hydrogens (tertiary/aromatic N) is 3. The second-order valence-corrected chi connectivity index (χ2v) is 9.28. The summed E-state index contributed by atoms with van der Waals surface area (Å²) in [7, 11) is 1.58. The smallest absolute Gasteiger partial charge is 0.263 e. The van der Waals surface area contributed by atoms with E-state index in [1.165, 1.54) is 12.5 Å². The first-order valence-corrected chi connectivity index (χ1v) is 13.0. The molecule has 1 saturated heterocycles. The number of ether oxygens (including phenoxy) is 3. The first-order valence-electron chi connectivity index (χ1n) is 13.0. The Labute approximate surface area is 225 Å². The van der Waals surface area contributed by atoms with E-state index in [1.807, 2.05) is 30.3 Å². The molecule has 0 radical (unpaired) electrons. The molecule has 3 aromatic heterocycles. The van der Waals surface area contributed by atoms with E-state index >= 15 is 0 Å². The number of fused-ring (bicyclic) bond motifs is 1. The van der Waals surface area contributed by atoms with E-state index in [0.717, 1.165) is 35.0 Å². The van der Waals surface area contributed by atoms with Crippen LogP contribution < -0.4 is 10.1 Å². The molecule has 1 unspecified atom stereocenters. The number of nitrogens with one attached hydrogen (secondary N) is 2. The third-order valence-electron chi connectivity index (χ3n) is 6.59. The summed E-state index contributed by atoms with van der Waals surface area (Å²) in [6.45, 7) is 1.06. The number of H-pyrrole nitrogens is 1. The Bertz CT molecular complexity index is 1400. The lowest BCUT2D eigenvalue weighted by Gasteiger charge is -2.25. The normalized spacial score (nSPS) is 16.2. The zero-order chi connectivity index (χ0) is 27.0. The Balaban J connectivity index is 1.29. The van der Waals surface area contributed by atoms with Crippen molar-refractivity contribution in [1.82, 2.24) is 25.3 Å². The van der Waals surface area contributed by atoms with Crippen LogP contribution in [0.25, 0.3) is 22.2 Å². The standard InChI is InChI=1S/C28H31N5O6/c1-36-27-19(15-18-7-5-6-8-20(18)33-27)22-16-30-25(31-22)21(32-26(35)24-17-37-13-14-38-24)9-3-2-4-10-23(34)28-29-11-12-39-28/h5-8,11-12,15-16,21,24H,2-4,9-10,13-14,17H2,1H3,(H,30,31)(H,32,35)/t21-,24?/m0/s1. The second kappa shape index (κ2) is 12.6. The molecule has 1 aliphatic heterocycles. The summed E-state index contributed by atoms with van der Waals surface area (Å²) in [5, 5.41) is 4.05. The lowest BCUT2D eigenvalue weighted by atomic mass is 10.0. The number of carbonyl (C=O) groups excluding carboxylic acids is 2. The summed E-state index contributed by atoms with van der Waals surface area (Å²) >= 11 is 0. The maximum absolute atomic E-state index is 13.0. The van der Waals surface area contributed by atoms with Crippen LogP contribution in [0.15, 0.2) is 53.4 Å². The van der Waals surface area contributed by atoms with Gasteiger partial charge in [-0.15, -0.1) is 0 Å². The zero-order valence-electron chi connectivity index (χ0n) is 21.7. The summed E-state index contributed by atoms with van der Waals surface area (Å²) in [6.07, 6.45) is 7.12. The third kappa shape index (κ3) is 6.50. The first-order chi connectivity index (χ1) is 19.1. The molecule has 1 fully saturated rings. The molecule has 2 atom stereocenters. The van der Waals surface area contributed by atoms with Crippen LogP contribution in [0.2, 0.25) is 0 Å². The number of amides is 1. The SMILES string of the molecule is COc1nc2ccccc2cc1-c1cnc([C@H](CCCCCC(=O)c2ncco2)NC(=O)C2COCCO2)[nH]1. The number of benzene rings is 1. The van der Waals surface area contributed by atoms with Crippen LogP contribution in [0.5, 0.6) is 5.88 Å². The van der Waals surface area contributed by atoms with Crippen molar-refractivity contribution in [3.05, 3.63) is 60.7 Å². The zero-order valence-corrected chi connectivity index (χ0v) is 21.7. The van der Waals surface area contributed by atoms with E-state index in [9.17, 15) is 9.59 Å². The summed E-state index contributed by atoms with van der Waals surface area (Å²) < 4.78 is 21.6. The van der Waals surface area contributed by atoms with E-state index in [2.05, 4.69) is 25.3 Å². The highest BCUT2D eigenvalue weighted by Gasteiger charge is 2.27. The van der Waals surface area contributed by atoms with Gasteiger partial charge < -0.3 is 28.9 Å². The van der Waals surface area contributed by atoms with Gasteiger partial charge in [0.05, 0.1) is 62.1 Å². The molecule has 0 spiro atoms. The molecule has 11 nitrogen and oxygen atoms in total. The maximum atomic E-state index is 13.0. The Morgan fingerprint density at radius 1 is 1.18 bits per heavy atom. The van der Waals surface area contributed by atoms with Gasteiger partial charge >= 0.3 is 0 Å². The molecule has 204 valence electrons. The molecule has 1 amide bonds.